The summed E-state index contributed by atoms with van der Waals surface area (Å²) in [6, 6.07) is -0.0994. The lowest BCUT2D eigenvalue weighted by Crippen LogP contribution is -2.49. The van der Waals surface area contributed by atoms with Crippen LogP contribution in [0.25, 0.3) is 0 Å². The third-order valence-electron chi connectivity index (χ3n) is 3.86. The van der Waals surface area contributed by atoms with E-state index in [2.05, 4.69) is 10.6 Å². The van der Waals surface area contributed by atoms with E-state index in [1.54, 1.807) is 4.90 Å². The van der Waals surface area contributed by atoms with Crippen molar-refractivity contribution < 1.29 is 19.5 Å². The van der Waals surface area contributed by atoms with E-state index in [9.17, 15) is 14.4 Å². The smallest absolute Gasteiger partial charge is 0.317 e. The number of nitrogens with zero attached hydrogens (tertiary/aromatic N) is 1. The first kappa shape index (κ1) is 19.3. The van der Waals surface area contributed by atoms with Gasteiger partial charge in [-0.3, -0.25) is 9.59 Å². The van der Waals surface area contributed by atoms with Crippen LogP contribution in [0.5, 0.6) is 0 Å². The summed E-state index contributed by atoms with van der Waals surface area (Å²) in [5, 5.41) is 14.3. The predicted octanol–water partition coefficient (Wildman–Crippen LogP) is 1.44. The van der Waals surface area contributed by atoms with E-state index < -0.39 is 5.97 Å². The monoisotopic (exact) mass is 327 g/mol. The van der Waals surface area contributed by atoms with Crippen LogP contribution in [-0.2, 0) is 9.59 Å². The zero-order valence-electron chi connectivity index (χ0n) is 14.1. The Hall–Kier alpha value is -1.79. The number of likely N-dealkylation sites (tertiary alicyclic amines) is 1. The highest BCUT2D eigenvalue weighted by Gasteiger charge is 2.28. The van der Waals surface area contributed by atoms with E-state index in [1.165, 1.54) is 0 Å². The predicted molar refractivity (Wildman–Crippen MR) is 87.0 cm³/mol. The molecule has 0 aromatic carbocycles. The van der Waals surface area contributed by atoms with Gasteiger partial charge in [-0.25, -0.2) is 4.79 Å². The third-order valence-corrected chi connectivity index (χ3v) is 3.86. The fraction of sp³-hybridized carbons (Fsp3) is 0.812. The average Bonchev–Trinajstić information content (AvgIpc) is 2.51. The van der Waals surface area contributed by atoms with Crippen LogP contribution in [0.4, 0.5) is 4.79 Å². The maximum Gasteiger partial charge on any atom is 0.317 e. The number of rotatable bonds is 8. The number of carbonyl (C=O) groups excluding carboxylic acids is 2. The largest absolute Gasteiger partial charge is 0.481 e. The Kier molecular flexibility index (Phi) is 8.43. The number of unbranched alkanes of at least 4 members (excludes halogenated alkanes) is 1. The molecule has 1 rings (SSSR count). The van der Waals surface area contributed by atoms with E-state index in [4.69, 9.17) is 5.11 Å². The molecule has 7 nitrogen and oxygen atoms in total. The van der Waals surface area contributed by atoms with Gasteiger partial charge in [-0.15, -0.1) is 0 Å². The van der Waals surface area contributed by atoms with Gasteiger partial charge in [-0.1, -0.05) is 13.8 Å². The molecule has 0 bridgehead atoms. The van der Waals surface area contributed by atoms with Crippen molar-refractivity contribution in [2.45, 2.75) is 46.0 Å². The normalized spacial score (nSPS) is 17.9. The van der Waals surface area contributed by atoms with Crippen molar-refractivity contribution in [3.05, 3.63) is 0 Å². The molecule has 1 fully saturated rings. The molecule has 0 aromatic rings. The molecule has 1 heterocycles. The number of urea groups is 1. The second kappa shape index (κ2) is 10.1. The lowest BCUT2D eigenvalue weighted by molar-refractivity contribution is -0.137. The molecule has 3 amide bonds. The highest BCUT2D eigenvalue weighted by Crippen LogP contribution is 2.16. The van der Waals surface area contributed by atoms with E-state index in [0.29, 0.717) is 44.9 Å². The van der Waals surface area contributed by atoms with Crippen LogP contribution >= 0.6 is 0 Å². The van der Waals surface area contributed by atoms with E-state index in [-0.39, 0.29) is 24.3 Å². The minimum Gasteiger partial charge on any atom is -0.481 e. The Balaban J connectivity index is 2.29. The number of hydrogen-bond donors (Lipinski definition) is 3. The first-order valence-electron chi connectivity index (χ1n) is 8.42. The summed E-state index contributed by atoms with van der Waals surface area (Å²) >= 11 is 0. The highest BCUT2D eigenvalue weighted by atomic mass is 16.4. The van der Waals surface area contributed by atoms with Crippen molar-refractivity contribution in [1.29, 1.82) is 0 Å². The first-order valence-corrected chi connectivity index (χ1v) is 8.42. The van der Waals surface area contributed by atoms with Crippen LogP contribution in [0.15, 0.2) is 0 Å². The molecule has 1 unspecified atom stereocenters. The molecular formula is C16H29N3O4. The fourth-order valence-corrected chi connectivity index (χ4v) is 2.54. The summed E-state index contributed by atoms with van der Waals surface area (Å²) in [5.74, 6) is -0.630. The molecule has 0 aromatic heterocycles. The SMILES string of the molecule is CC(C)CNC(=O)N1CCCC(C(=O)NCCCCC(=O)O)C1. The standard InChI is InChI=1S/C16H29N3O4/c1-12(2)10-18-16(23)19-9-5-6-13(11-19)15(22)17-8-4-3-7-14(20)21/h12-13H,3-11H2,1-2H3,(H,17,22)(H,18,23)(H,20,21). The van der Waals surface area contributed by atoms with Gasteiger partial charge in [-0.2, -0.15) is 0 Å². The molecule has 0 aliphatic carbocycles. The molecule has 1 saturated heterocycles. The second-order valence-electron chi connectivity index (χ2n) is 6.51. The van der Waals surface area contributed by atoms with Crippen LogP contribution in [-0.4, -0.2) is 54.1 Å². The number of carboxylic acid groups (broad SMARTS) is 1. The van der Waals surface area contributed by atoms with Crippen molar-refractivity contribution in [2.24, 2.45) is 11.8 Å². The molecule has 0 radical (unpaired) electrons. The summed E-state index contributed by atoms with van der Waals surface area (Å²) in [7, 11) is 0. The van der Waals surface area contributed by atoms with Crippen molar-refractivity contribution in [1.82, 2.24) is 15.5 Å². The molecule has 1 atom stereocenters. The van der Waals surface area contributed by atoms with Gasteiger partial charge in [-0.05, 0) is 31.6 Å². The summed E-state index contributed by atoms with van der Waals surface area (Å²) in [5.41, 5.74) is 0. The molecule has 0 saturated carbocycles. The zero-order valence-corrected chi connectivity index (χ0v) is 14.1. The molecular weight excluding hydrogens is 298 g/mol. The Morgan fingerprint density at radius 3 is 2.61 bits per heavy atom. The van der Waals surface area contributed by atoms with Gasteiger partial charge >= 0.3 is 12.0 Å². The Morgan fingerprint density at radius 2 is 1.96 bits per heavy atom. The number of carbonyl (C=O) groups is 3. The molecule has 3 N–H and O–H groups in total. The molecule has 0 spiro atoms. The van der Waals surface area contributed by atoms with Gasteiger partial charge in [0.05, 0.1) is 5.92 Å². The van der Waals surface area contributed by atoms with Crippen LogP contribution in [0, 0.1) is 11.8 Å². The number of piperidine rings is 1. The van der Waals surface area contributed by atoms with Crippen LogP contribution in [0.2, 0.25) is 0 Å². The zero-order chi connectivity index (χ0) is 17.2. The Morgan fingerprint density at radius 1 is 1.22 bits per heavy atom. The lowest BCUT2D eigenvalue weighted by atomic mass is 9.97. The lowest BCUT2D eigenvalue weighted by Gasteiger charge is -2.32. The number of aliphatic carboxylic acids is 1. The molecule has 1 aliphatic heterocycles. The average molecular weight is 327 g/mol. The second-order valence-corrected chi connectivity index (χ2v) is 6.51. The van der Waals surface area contributed by atoms with Crippen LogP contribution in [0.1, 0.15) is 46.0 Å². The molecule has 1 aliphatic rings. The van der Waals surface area contributed by atoms with Gasteiger partial charge in [0.2, 0.25) is 5.91 Å². The Bertz CT molecular complexity index is 412. The van der Waals surface area contributed by atoms with Gasteiger partial charge in [0.25, 0.3) is 0 Å². The molecule has 132 valence electrons. The topological polar surface area (TPSA) is 98.7 Å². The third kappa shape index (κ3) is 7.85. The summed E-state index contributed by atoms with van der Waals surface area (Å²) in [6.45, 7) is 6.34. The number of carboxylic acids is 1. The summed E-state index contributed by atoms with van der Waals surface area (Å²) in [6.07, 6.45) is 2.96. The quantitative estimate of drug-likeness (QED) is 0.587. The molecule has 23 heavy (non-hydrogen) atoms. The minimum absolute atomic E-state index is 0.0401. The Labute approximate surface area is 137 Å². The number of nitrogens with one attached hydrogen (secondary N) is 2. The van der Waals surface area contributed by atoms with Crippen molar-refractivity contribution >= 4 is 17.9 Å². The van der Waals surface area contributed by atoms with Crippen molar-refractivity contribution in [3.8, 4) is 0 Å². The van der Waals surface area contributed by atoms with E-state index >= 15 is 0 Å². The van der Waals surface area contributed by atoms with Gasteiger partial charge in [0, 0.05) is 32.6 Å². The highest BCUT2D eigenvalue weighted by molar-refractivity contribution is 5.80. The van der Waals surface area contributed by atoms with Crippen molar-refractivity contribution in [2.75, 3.05) is 26.2 Å². The van der Waals surface area contributed by atoms with Gasteiger partial charge in [0.15, 0.2) is 0 Å². The number of hydrogen-bond acceptors (Lipinski definition) is 3. The first-order chi connectivity index (χ1) is 10.9. The van der Waals surface area contributed by atoms with E-state index in [0.717, 1.165) is 12.8 Å². The fourth-order valence-electron chi connectivity index (χ4n) is 2.54. The maximum absolute atomic E-state index is 12.1. The van der Waals surface area contributed by atoms with Crippen LogP contribution in [0.3, 0.4) is 0 Å². The summed E-state index contributed by atoms with van der Waals surface area (Å²) < 4.78 is 0. The minimum atomic E-state index is -0.813. The summed E-state index contributed by atoms with van der Waals surface area (Å²) in [4.78, 5) is 36.3. The number of amides is 3. The maximum atomic E-state index is 12.1. The van der Waals surface area contributed by atoms with Crippen molar-refractivity contribution in [3.63, 3.8) is 0 Å². The van der Waals surface area contributed by atoms with Gasteiger partial charge < -0.3 is 20.6 Å². The van der Waals surface area contributed by atoms with E-state index in [1.807, 2.05) is 13.8 Å². The van der Waals surface area contributed by atoms with Gasteiger partial charge in [0.1, 0.15) is 0 Å². The van der Waals surface area contributed by atoms with Crippen LogP contribution < -0.4 is 10.6 Å². The molecule has 7 heteroatoms.